The van der Waals surface area contributed by atoms with Gasteiger partial charge in [0.2, 0.25) is 0 Å². The summed E-state index contributed by atoms with van der Waals surface area (Å²) in [5.74, 6) is 0.0490. The lowest BCUT2D eigenvalue weighted by Gasteiger charge is -1.99. The second kappa shape index (κ2) is 2.52. The first kappa shape index (κ1) is 7.67. The number of anilines is 1. The Kier molecular flexibility index (Phi) is 1.48. The van der Waals surface area contributed by atoms with Crippen LogP contribution in [-0.4, -0.2) is 5.11 Å². The van der Waals surface area contributed by atoms with Crippen LogP contribution in [0.3, 0.4) is 0 Å². The van der Waals surface area contributed by atoms with Gasteiger partial charge in [-0.05, 0) is 18.2 Å². The van der Waals surface area contributed by atoms with Crippen LogP contribution >= 0.6 is 0 Å². The third-order valence-corrected chi connectivity index (χ3v) is 1.78. The summed E-state index contributed by atoms with van der Waals surface area (Å²) in [6.07, 6.45) is 0. The SMILES string of the molecule is Nc1cc2c(O)cccc2oc1=O. The highest BCUT2D eigenvalue weighted by atomic mass is 16.4. The number of fused-ring (bicyclic) bond motifs is 1. The zero-order valence-corrected chi connectivity index (χ0v) is 6.65. The maximum absolute atomic E-state index is 11.0. The van der Waals surface area contributed by atoms with Crippen LogP contribution in [0.4, 0.5) is 5.69 Å². The Morgan fingerprint density at radius 2 is 2.15 bits per heavy atom. The predicted octanol–water partition coefficient (Wildman–Crippen LogP) is 1.08. The summed E-state index contributed by atoms with van der Waals surface area (Å²) < 4.78 is 4.83. The predicted molar refractivity (Wildman–Crippen MR) is 48.6 cm³/mol. The fourth-order valence-electron chi connectivity index (χ4n) is 1.14. The van der Waals surface area contributed by atoms with E-state index in [-0.39, 0.29) is 11.4 Å². The Balaban J connectivity index is 2.97. The van der Waals surface area contributed by atoms with Gasteiger partial charge in [-0.3, -0.25) is 0 Å². The third kappa shape index (κ3) is 1.12. The van der Waals surface area contributed by atoms with E-state index in [1.54, 1.807) is 12.1 Å². The van der Waals surface area contributed by atoms with Crippen LogP contribution in [0, 0.1) is 0 Å². The van der Waals surface area contributed by atoms with Gasteiger partial charge in [-0.25, -0.2) is 4.79 Å². The number of nitrogen functional groups attached to an aromatic ring is 1. The van der Waals surface area contributed by atoms with Crippen LogP contribution in [-0.2, 0) is 0 Å². The maximum Gasteiger partial charge on any atom is 0.359 e. The van der Waals surface area contributed by atoms with Gasteiger partial charge in [0, 0.05) is 0 Å². The van der Waals surface area contributed by atoms with E-state index in [2.05, 4.69) is 0 Å². The Morgan fingerprint density at radius 3 is 2.92 bits per heavy atom. The molecule has 1 aromatic carbocycles. The quantitative estimate of drug-likeness (QED) is 0.590. The van der Waals surface area contributed by atoms with E-state index < -0.39 is 5.63 Å². The van der Waals surface area contributed by atoms with Crippen LogP contribution in [0.25, 0.3) is 11.0 Å². The molecular formula is C9H7NO3. The number of phenols is 1. The third-order valence-electron chi connectivity index (χ3n) is 1.78. The van der Waals surface area contributed by atoms with Crippen LogP contribution in [0.15, 0.2) is 33.5 Å². The van der Waals surface area contributed by atoms with E-state index >= 15 is 0 Å². The lowest BCUT2D eigenvalue weighted by Crippen LogP contribution is -2.05. The number of phenolic OH excluding ortho intramolecular Hbond substituents is 1. The van der Waals surface area contributed by atoms with Crippen molar-refractivity contribution in [2.75, 3.05) is 5.73 Å². The van der Waals surface area contributed by atoms with Crippen molar-refractivity contribution in [1.82, 2.24) is 0 Å². The highest BCUT2D eigenvalue weighted by Crippen LogP contribution is 2.23. The summed E-state index contributed by atoms with van der Waals surface area (Å²) in [6.45, 7) is 0. The first-order chi connectivity index (χ1) is 6.18. The molecule has 0 fully saturated rings. The van der Waals surface area contributed by atoms with Crippen molar-refractivity contribution in [2.45, 2.75) is 0 Å². The average molecular weight is 177 g/mol. The van der Waals surface area contributed by atoms with Gasteiger partial charge in [-0.1, -0.05) is 6.07 Å². The van der Waals surface area contributed by atoms with Crippen LogP contribution in [0.2, 0.25) is 0 Å². The maximum atomic E-state index is 11.0. The van der Waals surface area contributed by atoms with Crippen molar-refractivity contribution in [2.24, 2.45) is 0 Å². The number of nitrogens with two attached hydrogens (primary N) is 1. The van der Waals surface area contributed by atoms with Gasteiger partial charge in [0.05, 0.1) is 5.39 Å². The van der Waals surface area contributed by atoms with Crippen LogP contribution < -0.4 is 11.4 Å². The van der Waals surface area contributed by atoms with Crippen molar-refractivity contribution in [3.63, 3.8) is 0 Å². The van der Waals surface area contributed by atoms with E-state index in [4.69, 9.17) is 10.2 Å². The highest BCUT2D eigenvalue weighted by Gasteiger charge is 2.04. The molecule has 0 saturated heterocycles. The van der Waals surface area contributed by atoms with Gasteiger partial charge in [0.25, 0.3) is 0 Å². The van der Waals surface area contributed by atoms with Crippen molar-refractivity contribution in [1.29, 1.82) is 0 Å². The summed E-state index contributed by atoms with van der Waals surface area (Å²) in [6, 6.07) is 6.09. The second-order valence-corrected chi connectivity index (χ2v) is 2.68. The molecule has 4 nitrogen and oxygen atoms in total. The molecule has 0 aliphatic carbocycles. The van der Waals surface area contributed by atoms with Crippen molar-refractivity contribution in [3.05, 3.63) is 34.7 Å². The van der Waals surface area contributed by atoms with Gasteiger partial charge in [0.1, 0.15) is 17.0 Å². The lowest BCUT2D eigenvalue weighted by molar-refractivity contribution is 0.479. The largest absolute Gasteiger partial charge is 0.507 e. The normalized spacial score (nSPS) is 10.5. The molecular weight excluding hydrogens is 170 g/mol. The molecule has 3 N–H and O–H groups in total. The molecule has 1 aromatic heterocycles. The molecule has 0 saturated carbocycles. The van der Waals surface area contributed by atoms with E-state index in [1.807, 2.05) is 0 Å². The van der Waals surface area contributed by atoms with Gasteiger partial charge in [-0.15, -0.1) is 0 Å². The first-order valence-corrected chi connectivity index (χ1v) is 3.70. The van der Waals surface area contributed by atoms with E-state index in [0.29, 0.717) is 11.0 Å². The molecule has 2 aromatic rings. The average Bonchev–Trinajstić information content (AvgIpc) is 2.09. The standard InChI is InChI=1S/C9H7NO3/c10-6-4-5-7(11)2-1-3-8(5)13-9(6)12/h1-4,11H,10H2. The molecule has 13 heavy (non-hydrogen) atoms. The van der Waals surface area contributed by atoms with Crippen molar-refractivity contribution >= 4 is 16.7 Å². The Morgan fingerprint density at radius 1 is 1.38 bits per heavy atom. The zero-order valence-electron chi connectivity index (χ0n) is 6.65. The summed E-state index contributed by atoms with van der Waals surface area (Å²) in [4.78, 5) is 11.0. The molecule has 4 heteroatoms. The number of aromatic hydroxyl groups is 1. The second-order valence-electron chi connectivity index (χ2n) is 2.68. The fraction of sp³-hybridized carbons (Fsp3) is 0. The Hall–Kier alpha value is -1.97. The highest BCUT2D eigenvalue weighted by molar-refractivity contribution is 5.85. The minimum absolute atomic E-state index is 0.00556. The minimum atomic E-state index is -0.585. The number of rotatable bonds is 0. The topological polar surface area (TPSA) is 76.5 Å². The molecule has 0 amide bonds. The van der Waals surface area contributed by atoms with E-state index in [9.17, 15) is 9.90 Å². The molecule has 0 atom stereocenters. The molecule has 0 spiro atoms. The van der Waals surface area contributed by atoms with Gasteiger partial charge >= 0.3 is 5.63 Å². The molecule has 66 valence electrons. The molecule has 0 aliphatic rings. The summed E-state index contributed by atoms with van der Waals surface area (Å²) in [5.41, 5.74) is 5.08. The number of hydrogen-bond donors (Lipinski definition) is 2. The van der Waals surface area contributed by atoms with Crippen LogP contribution in [0.5, 0.6) is 5.75 Å². The van der Waals surface area contributed by atoms with Gasteiger partial charge in [-0.2, -0.15) is 0 Å². The van der Waals surface area contributed by atoms with Crippen molar-refractivity contribution < 1.29 is 9.52 Å². The first-order valence-electron chi connectivity index (χ1n) is 3.70. The van der Waals surface area contributed by atoms with Gasteiger partial charge < -0.3 is 15.3 Å². The lowest BCUT2D eigenvalue weighted by atomic mass is 10.2. The van der Waals surface area contributed by atoms with Crippen LogP contribution in [0.1, 0.15) is 0 Å². The van der Waals surface area contributed by atoms with Gasteiger partial charge in [0.15, 0.2) is 0 Å². The smallest absolute Gasteiger partial charge is 0.359 e. The Bertz CT molecular complexity index is 516. The number of benzene rings is 1. The molecule has 2 rings (SSSR count). The monoisotopic (exact) mass is 177 g/mol. The molecule has 1 heterocycles. The number of hydrogen-bond acceptors (Lipinski definition) is 4. The molecule has 0 radical (unpaired) electrons. The zero-order chi connectivity index (χ0) is 9.42. The molecule has 0 bridgehead atoms. The minimum Gasteiger partial charge on any atom is -0.507 e. The summed E-state index contributed by atoms with van der Waals surface area (Å²) in [5, 5.41) is 9.81. The summed E-state index contributed by atoms with van der Waals surface area (Å²) >= 11 is 0. The molecule has 0 aliphatic heterocycles. The van der Waals surface area contributed by atoms with E-state index in [1.165, 1.54) is 12.1 Å². The van der Waals surface area contributed by atoms with Crippen molar-refractivity contribution in [3.8, 4) is 5.75 Å². The molecule has 0 unspecified atom stereocenters. The van der Waals surface area contributed by atoms with E-state index in [0.717, 1.165) is 0 Å². The fourth-order valence-corrected chi connectivity index (χ4v) is 1.14. The summed E-state index contributed by atoms with van der Waals surface area (Å²) in [7, 11) is 0. The Labute approximate surface area is 73.2 Å².